The maximum atomic E-state index is 9.45. The Balaban J connectivity index is 2.02. The predicted octanol–water partition coefficient (Wildman–Crippen LogP) is 3.22. The highest BCUT2D eigenvalue weighted by Gasteiger charge is 2.29. The zero-order valence-corrected chi connectivity index (χ0v) is 15.6. The lowest BCUT2D eigenvalue weighted by Crippen LogP contribution is -2.54. The normalized spacial score (nSPS) is 20.9. The van der Waals surface area contributed by atoms with Gasteiger partial charge in [-0.15, -0.1) is 0 Å². The fourth-order valence-corrected chi connectivity index (χ4v) is 3.55. The summed E-state index contributed by atoms with van der Waals surface area (Å²) in [4.78, 5) is 5.14. The van der Waals surface area contributed by atoms with Crippen molar-refractivity contribution in [3.63, 3.8) is 0 Å². The lowest BCUT2D eigenvalue weighted by atomic mass is 9.94. The van der Waals surface area contributed by atoms with Crippen molar-refractivity contribution in [1.29, 1.82) is 0 Å². The molecule has 0 radical (unpaired) electrons. The topological polar surface area (TPSA) is 26.7 Å². The summed E-state index contributed by atoms with van der Waals surface area (Å²) in [6.45, 7) is 17.0. The molecule has 3 heteroatoms. The van der Waals surface area contributed by atoms with E-state index >= 15 is 0 Å². The van der Waals surface area contributed by atoms with Gasteiger partial charge in [0.05, 0.1) is 0 Å². The summed E-state index contributed by atoms with van der Waals surface area (Å²) in [7, 11) is 0. The van der Waals surface area contributed by atoms with Crippen LogP contribution in [0.25, 0.3) is 0 Å². The summed E-state index contributed by atoms with van der Waals surface area (Å²) < 4.78 is 0. The molecule has 0 bridgehead atoms. The maximum Gasteiger partial charge on any atom is 0.0446 e. The van der Waals surface area contributed by atoms with Crippen LogP contribution >= 0.6 is 0 Å². The third-order valence-corrected chi connectivity index (χ3v) is 4.73. The second kappa shape index (κ2) is 7.78. The van der Waals surface area contributed by atoms with Gasteiger partial charge in [-0.3, -0.25) is 9.80 Å². The maximum absolute atomic E-state index is 9.45. The van der Waals surface area contributed by atoms with Crippen LogP contribution in [0, 0.1) is 19.3 Å². The Morgan fingerprint density at radius 2 is 1.91 bits per heavy atom. The lowest BCUT2D eigenvalue weighted by Gasteiger charge is -2.44. The number of aliphatic hydroxyl groups is 1. The summed E-state index contributed by atoms with van der Waals surface area (Å²) in [6, 6.07) is 7.20. The van der Waals surface area contributed by atoms with Gasteiger partial charge in [0.25, 0.3) is 0 Å². The van der Waals surface area contributed by atoms with Crippen molar-refractivity contribution in [3.8, 4) is 0 Å². The van der Waals surface area contributed by atoms with Gasteiger partial charge in [-0.25, -0.2) is 0 Å². The first-order valence-corrected chi connectivity index (χ1v) is 8.92. The molecule has 1 aromatic rings. The van der Waals surface area contributed by atoms with E-state index in [2.05, 4.69) is 62.6 Å². The first-order chi connectivity index (χ1) is 10.8. The van der Waals surface area contributed by atoms with Crippen LogP contribution in [0.2, 0.25) is 0 Å². The Morgan fingerprint density at radius 1 is 1.17 bits per heavy atom. The van der Waals surface area contributed by atoms with E-state index in [1.807, 2.05) is 0 Å². The van der Waals surface area contributed by atoms with E-state index in [-0.39, 0.29) is 6.61 Å². The molecule has 1 heterocycles. The van der Waals surface area contributed by atoms with Crippen molar-refractivity contribution >= 4 is 0 Å². The fraction of sp³-hybridized carbons (Fsp3) is 0.700. The van der Waals surface area contributed by atoms with Gasteiger partial charge in [0.2, 0.25) is 0 Å². The molecule has 1 aliphatic rings. The van der Waals surface area contributed by atoms with E-state index in [4.69, 9.17) is 0 Å². The average molecular weight is 319 g/mol. The Labute approximate surface area is 142 Å². The summed E-state index contributed by atoms with van der Waals surface area (Å²) >= 11 is 0. The number of piperazine rings is 1. The second-order valence-corrected chi connectivity index (χ2v) is 8.36. The lowest BCUT2D eigenvalue weighted by molar-refractivity contribution is 0.0339. The van der Waals surface area contributed by atoms with E-state index in [9.17, 15) is 5.11 Å². The smallest absolute Gasteiger partial charge is 0.0446 e. The Bertz CT molecular complexity index is 507. The number of aliphatic hydroxyl groups excluding tert-OH is 1. The summed E-state index contributed by atoms with van der Waals surface area (Å²) in [5.41, 5.74) is 4.47. The van der Waals surface area contributed by atoms with E-state index in [0.717, 1.165) is 39.1 Å². The molecule has 1 N–H and O–H groups in total. The van der Waals surface area contributed by atoms with Crippen LogP contribution in [0.1, 0.15) is 43.9 Å². The number of hydrogen-bond donors (Lipinski definition) is 1. The molecule has 23 heavy (non-hydrogen) atoms. The molecule has 130 valence electrons. The molecule has 0 aliphatic carbocycles. The van der Waals surface area contributed by atoms with Crippen LogP contribution in [0.15, 0.2) is 18.2 Å². The molecule has 0 spiro atoms. The second-order valence-electron chi connectivity index (χ2n) is 8.36. The molecule has 0 amide bonds. The Morgan fingerprint density at radius 3 is 2.57 bits per heavy atom. The van der Waals surface area contributed by atoms with Crippen molar-refractivity contribution in [2.24, 2.45) is 5.41 Å². The largest absolute Gasteiger partial charge is 0.396 e. The van der Waals surface area contributed by atoms with Crippen LogP contribution in [-0.4, -0.2) is 53.7 Å². The number of benzene rings is 1. The number of rotatable bonds is 5. The van der Waals surface area contributed by atoms with E-state index < -0.39 is 0 Å². The van der Waals surface area contributed by atoms with Crippen LogP contribution in [-0.2, 0) is 6.54 Å². The van der Waals surface area contributed by atoms with Crippen molar-refractivity contribution in [2.75, 3.05) is 32.8 Å². The highest BCUT2D eigenvalue weighted by atomic mass is 16.3. The quantitative estimate of drug-likeness (QED) is 0.903. The van der Waals surface area contributed by atoms with E-state index in [1.165, 1.54) is 16.7 Å². The molecule has 1 fully saturated rings. The molecule has 1 saturated heterocycles. The summed E-state index contributed by atoms with van der Waals surface area (Å²) in [6.07, 6.45) is 0.874. The Kier molecular flexibility index (Phi) is 6.24. The van der Waals surface area contributed by atoms with Gasteiger partial charge in [0, 0.05) is 45.4 Å². The van der Waals surface area contributed by atoms with Gasteiger partial charge in [0.1, 0.15) is 0 Å². The van der Waals surface area contributed by atoms with Gasteiger partial charge in [0.15, 0.2) is 0 Å². The van der Waals surface area contributed by atoms with Crippen molar-refractivity contribution in [2.45, 2.75) is 53.6 Å². The Hall–Kier alpha value is -0.900. The SMILES string of the molecule is Cc1ccc(C)c(CN2CCN(CC(C)(C)C)C(CCO)C2)c1. The van der Waals surface area contributed by atoms with Gasteiger partial charge in [-0.2, -0.15) is 0 Å². The van der Waals surface area contributed by atoms with Crippen molar-refractivity contribution in [3.05, 3.63) is 34.9 Å². The molecule has 1 atom stereocenters. The molecule has 3 nitrogen and oxygen atoms in total. The minimum Gasteiger partial charge on any atom is -0.396 e. The molecule has 0 aromatic heterocycles. The van der Waals surface area contributed by atoms with Crippen LogP contribution < -0.4 is 0 Å². The van der Waals surface area contributed by atoms with Gasteiger partial charge < -0.3 is 5.11 Å². The minimum absolute atomic E-state index is 0.280. The van der Waals surface area contributed by atoms with E-state index in [0.29, 0.717) is 11.5 Å². The first-order valence-electron chi connectivity index (χ1n) is 8.92. The van der Waals surface area contributed by atoms with Crippen molar-refractivity contribution < 1.29 is 5.11 Å². The molecular formula is C20H34N2O. The molecule has 1 unspecified atom stereocenters. The van der Waals surface area contributed by atoms with Crippen LogP contribution in [0.4, 0.5) is 0 Å². The molecule has 1 aliphatic heterocycles. The summed E-state index contributed by atoms with van der Waals surface area (Å²) in [5, 5.41) is 9.45. The molecule has 1 aromatic carbocycles. The predicted molar refractivity (Wildman–Crippen MR) is 97.7 cm³/mol. The van der Waals surface area contributed by atoms with Gasteiger partial charge in [-0.1, -0.05) is 44.5 Å². The summed E-state index contributed by atoms with van der Waals surface area (Å²) in [5.74, 6) is 0. The van der Waals surface area contributed by atoms with Crippen molar-refractivity contribution in [1.82, 2.24) is 9.80 Å². The fourth-order valence-electron chi connectivity index (χ4n) is 3.55. The van der Waals surface area contributed by atoms with Crippen LogP contribution in [0.5, 0.6) is 0 Å². The zero-order valence-electron chi connectivity index (χ0n) is 15.6. The molecule has 0 saturated carbocycles. The van der Waals surface area contributed by atoms with E-state index in [1.54, 1.807) is 0 Å². The third kappa shape index (κ3) is 5.59. The highest BCUT2D eigenvalue weighted by molar-refractivity contribution is 5.30. The van der Waals surface area contributed by atoms with Crippen LogP contribution in [0.3, 0.4) is 0 Å². The molecular weight excluding hydrogens is 284 g/mol. The molecule has 2 rings (SSSR count). The number of aryl methyl sites for hydroxylation is 2. The minimum atomic E-state index is 0.280. The van der Waals surface area contributed by atoms with Gasteiger partial charge >= 0.3 is 0 Å². The number of nitrogens with zero attached hydrogens (tertiary/aromatic N) is 2. The monoisotopic (exact) mass is 318 g/mol. The zero-order chi connectivity index (χ0) is 17.0. The van der Waals surface area contributed by atoms with Gasteiger partial charge in [-0.05, 0) is 36.8 Å². The standard InChI is InChI=1S/C20H34N2O/c1-16-6-7-17(2)18(12-16)13-21-9-10-22(15-20(3,4)5)19(14-21)8-11-23/h6-7,12,19,23H,8-11,13-15H2,1-5H3. The number of hydrogen-bond acceptors (Lipinski definition) is 3. The third-order valence-electron chi connectivity index (χ3n) is 4.73. The average Bonchev–Trinajstić information content (AvgIpc) is 2.44. The first kappa shape index (κ1) is 18.4. The highest BCUT2D eigenvalue weighted by Crippen LogP contribution is 2.22.